The molecule has 128 valence electrons. The third-order valence-electron chi connectivity index (χ3n) is 3.84. The number of allylic oxidation sites excluding steroid dienone is 1. The Hall–Kier alpha value is -2.86. The minimum atomic E-state index is -3.72. The van der Waals surface area contributed by atoms with E-state index in [1.54, 1.807) is 48.5 Å². The number of nitrogens with one attached hydrogen (secondary N) is 1. The van der Waals surface area contributed by atoms with E-state index in [-0.39, 0.29) is 4.90 Å². The van der Waals surface area contributed by atoms with Crippen LogP contribution in [-0.2, 0) is 16.4 Å². The average Bonchev–Trinajstić information content (AvgIpc) is 2.57. The molecule has 1 heterocycles. The van der Waals surface area contributed by atoms with E-state index in [2.05, 4.69) is 11.3 Å². The lowest BCUT2D eigenvalue weighted by Gasteiger charge is -2.14. The topological polar surface area (TPSA) is 76.4 Å². The second-order valence-electron chi connectivity index (χ2n) is 5.67. The lowest BCUT2D eigenvalue weighted by molar-refractivity contribution is 0.561. The summed E-state index contributed by atoms with van der Waals surface area (Å²) in [5.41, 5.74) is 2.06. The smallest absolute Gasteiger partial charge is 0.336 e. The summed E-state index contributed by atoms with van der Waals surface area (Å²) >= 11 is 0. The number of hydrogen-bond acceptors (Lipinski definition) is 4. The van der Waals surface area contributed by atoms with Crippen LogP contribution in [0.2, 0.25) is 0 Å². The lowest BCUT2D eigenvalue weighted by atomic mass is 10.0. The van der Waals surface area contributed by atoms with Crippen molar-refractivity contribution in [3.8, 4) is 0 Å². The van der Waals surface area contributed by atoms with Crippen molar-refractivity contribution in [1.29, 1.82) is 0 Å². The average molecular weight is 355 g/mol. The first-order valence-corrected chi connectivity index (χ1v) is 9.15. The van der Waals surface area contributed by atoms with Crippen LogP contribution in [-0.4, -0.2) is 8.42 Å². The maximum absolute atomic E-state index is 12.6. The highest BCUT2D eigenvalue weighted by Crippen LogP contribution is 2.28. The Bertz CT molecular complexity index is 1100. The zero-order chi connectivity index (χ0) is 18.0. The molecule has 0 aliphatic carbocycles. The fourth-order valence-corrected chi connectivity index (χ4v) is 3.68. The van der Waals surface area contributed by atoms with Gasteiger partial charge in [0.1, 0.15) is 5.58 Å². The Morgan fingerprint density at radius 3 is 2.48 bits per heavy atom. The van der Waals surface area contributed by atoms with Gasteiger partial charge in [-0.3, -0.25) is 4.72 Å². The number of sulfonamides is 1. The van der Waals surface area contributed by atoms with Gasteiger partial charge in [-0.05, 0) is 49.2 Å². The summed E-state index contributed by atoms with van der Waals surface area (Å²) in [5, 5.41) is 0.670. The van der Waals surface area contributed by atoms with E-state index in [4.69, 9.17) is 4.42 Å². The van der Waals surface area contributed by atoms with Gasteiger partial charge >= 0.3 is 5.63 Å². The molecule has 3 rings (SSSR count). The quantitative estimate of drug-likeness (QED) is 0.560. The van der Waals surface area contributed by atoms with Gasteiger partial charge in [-0.15, -0.1) is 6.58 Å². The van der Waals surface area contributed by atoms with Gasteiger partial charge in [0.25, 0.3) is 10.0 Å². The van der Waals surface area contributed by atoms with Crippen molar-refractivity contribution in [3.63, 3.8) is 0 Å². The molecule has 6 heteroatoms. The maximum Gasteiger partial charge on any atom is 0.336 e. The summed E-state index contributed by atoms with van der Waals surface area (Å²) in [6.07, 6.45) is 2.10. The third kappa shape index (κ3) is 3.49. The summed E-state index contributed by atoms with van der Waals surface area (Å²) in [5.74, 6) is 0. The third-order valence-corrected chi connectivity index (χ3v) is 5.22. The van der Waals surface area contributed by atoms with Gasteiger partial charge in [-0.2, -0.15) is 0 Å². The van der Waals surface area contributed by atoms with Crippen molar-refractivity contribution < 1.29 is 12.8 Å². The number of benzene rings is 2. The van der Waals surface area contributed by atoms with Crippen molar-refractivity contribution in [1.82, 2.24) is 0 Å². The summed E-state index contributed by atoms with van der Waals surface area (Å²) in [6, 6.07) is 12.7. The standard InChI is InChI=1S/C19H17NO4S/c1-3-4-15-16-9-12-19(21)24-18(16)11-10-17(15)20-25(22,23)14-7-5-13(2)6-8-14/h3,5-12,20H,1,4H2,2H3. The van der Waals surface area contributed by atoms with Crippen molar-refractivity contribution in [2.75, 3.05) is 4.72 Å². The first-order valence-electron chi connectivity index (χ1n) is 7.67. The van der Waals surface area contributed by atoms with E-state index in [1.165, 1.54) is 6.07 Å². The highest BCUT2D eigenvalue weighted by Gasteiger charge is 2.17. The number of hydrogen-bond donors (Lipinski definition) is 1. The molecular weight excluding hydrogens is 338 g/mol. The predicted octanol–water partition coefficient (Wildman–Crippen LogP) is 3.63. The molecule has 25 heavy (non-hydrogen) atoms. The Labute approximate surface area is 145 Å². The van der Waals surface area contributed by atoms with E-state index in [9.17, 15) is 13.2 Å². The van der Waals surface area contributed by atoms with Crippen molar-refractivity contribution in [3.05, 3.63) is 82.7 Å². The molecular formula is C19H17NO4S. The van der Waals surface area contributed by atoms with E-state index in [1.807, 2.05) is 6.92 Å². The van der Waals surface area contributed by atoms with Gasteiger partial charge in [0, 0.05) is 11.5 Å². The Balaban J connectivity index is 2.10. The zero-order valence-corrected chi connectivity index (χ0v) is 14.5. The van der Waals surface area contributed by atoms with Crippen LogP contribution >= 0.6 is 0 Å². The van der Waals surface area contributed by atoms with Crippen molar-refractivity contribution in [2.45, 2.75) is 18.2 Å². The largest absolute Gasteiger partial charge is 0.423 e. The van der Waals surface area contributed by atoms with Crippen LogP contribution in [0.3, 0.4) is 0 Å². The molecule has 0 radical (unpaired) electrons. The Morgan fingerprint density at radius 1 is 1.08 bits per heavy atom. The lowest BCUT2D eigenvalue weighted by Crippen LogP contribution is -2.14. The van der Waals surface area contributed by atoms with Crippen LogP contribution in [0.5, 0.6) is 0 Å². The Morgan fingerprint density at radius 2 is 1.80 bits per heavy atom. The molecule has 0 aliphatic heterocycles. The summed E-state index contributed by atoms with van der Waals surface area (Å²) in [6.45, 7) is 5.61. The summed E-state index contributed by atoms with van der Waals surface area (Å²) < 4.78 is 33.1. The first kappa shape index (κ1) is 17.0. The van der Waals surface area contributed by atoms with Crippen LogP contribution in [0.4, 0.5) is 5.69 Å². The highest BCUT2D eigenvalue weighted by atomic mass is 32.2. The first-order chi connectivity index (χ1) is 11.9. The van der Waals surface area contributed by atoms with E-state index < -0.39 is 15.6 Å². The molecule has 0 spiro atoms. The molecule has 1 N–H and O–H groups in total. The van der Waals surface area contributed by atoms with E-state index in [0.717, 1.165) is 5.56 Å². The molecule has 0 amide bonds. The Kier molecular flexibility index (Phi) is 4.46. The van der Waals surface area contributed by atoms with Gasteiger partial charge in [0.05, 0.1) is 10.6 Å². The van der Waals surface area contributed by atoms with Crippen LogP contribution < -0.4 is 10.3 Å². The molecule has 0 atom stereocenters. The second-order valence-corrected chi connectivity index (χ2v) is 7.35. The fourth-order valence-electron chi connectivity index (χ4n) is 2.59. The molecule has 0 fully saturated rings. The monoisotopic (exact) mass is 355 g/mol. The van der Waals surface area contributed by atoms with Crippen LogP contribution in [0.15, 0.2) is 75.3 Å². The molecule has 0 saturated carbocycles. The second kappa shape index (κ2) is 6.57. The van der Waals surface area contributed by atoms with Crippen LogP contribution in [0.1, 0.15) is 11.1 Å². The number of anilines is 1. The summed E-state index contributed by atoms with van der Waals surface area (Å²) in [4.78, 5) is 11.6. The minimum absolute atomic E-state index is 0.183. The predicted molar refractivity (Wildman–Crippen MR) is 98.4 cm³/mol. The van der Waals surface area contributed by atoms with Gasteiger partial charge in [-0.1, -0.05) is 23.8 Å². The normalized spacial score (nSPS) is 11.4. The molecule has 5 nitrogen and oxygen atoms in total. The van der Waals surface area contributed by atoms with E-state index >= 15 is 0 Å². The fraction of sp³-hybridized carbons (Fsp3) is 0.105. The highest BCUT2D eigenvalue weighted by molar-refractivity contribution is 7.92. The van der Waals surface area contributed by atoms with Gasteiger partial charge in [0.15, 0.2) is 0 Å². The van der Waals surface area contributed by atoms with Gasteiger partial charge in [-0.25, -0.2) is 13.2 Å². The molecule has 2 aromatic carbocycles. The molecule has 0 unspecified atom stereocenters. The van der Waals surface area contributed by atoms with Crippen LogP contribution in [0.25, 0.3) is 11.0 Å². The van der Waals surface area contributed by atoms with Crippen molar-refractivity contribution in [2.24, 2.45) is 0 Å². The number of aryl methyl sites for hydroxylation is 1. The van der Waals surface area contributed by atoms with Gasteiger partial charge in [0.2, 0.25) is 0 Å². The number of rotatable bonds is 5. The van der Waals surface area contributed by atoms with Crippen LogP contribution in [0, 0.1) is 6.92 Å². The molecule has 0 bridgehead atoms. The van der Waals surface area contributed by atoms with E-state index in [0.29, 0.717) is 28.6 Å². The van der Waals surface area contributed by atoms with Crippen molar-refractivity contribution >= 4 is 26.7 Å². The molecule has 0 saturated heterocycles. The maximum atomic E-state index is 12.6. The molecule has 0 aliphatic rings. The molecule has 3 aromatic rings. The number of fused-ring (bicyclic) bond motifs is 1. The summed E-state index contributed by atoms with van der Waals surface area (Å²) in [7, 11) is -3.72. The minimum Gasteiger partial charge on any atom is -0.423 e. The SMILES string of the molecule is C=CCc1c(NS(=O)(=O)c2ccc(C)cc2)ccc2oc(=O)ccc12. The molecule has 1 aromatic heterocycles. The van der Waals surface area contributed by atoms with Gasteiger partial charge < -0.3 is 4.42 Å². The zero-order valence-electron chi connectivity index (χ0n) is 13.7.